The molecule has 73 heavy (non-hydrogen) atoms. The normalized spacial score (nSPS) is 21.9. The molecule has 0 saturated heterocycles. The molecule has 4 saturated carbocycles. The van der Waals surface area contributed by atoms with E-state index in [9.17, 15) is 0 Å². The topological polar surface area (TPSA) is 34.6 Å². The summed E-state index contributed by atoms with van der Waals surface area (Å²) < 4.78 is 12.9. The molecule has 0 atom stereocenters. The molecule has 10 aromatic rings. The smallest absolute Gasteiger partial charge is 0.151 e. The summed E-state index contributed by atoms with van der Waals surface area (Å²) in [5, 5.41) is 4.83. The van der Waals surface area contributed by atoms with Crippen LogP contribution in [0.25, 0.3) is 77.2 Å². The monoisotopic (exact) mass is 942 g/mol. The molecule has 17 rings (SSSR count). The summed E-state index contributed by atoms with van der Waals surface area (Å²) in [4.78, 5) is 6.98. The lowest BCUT2D eigenvalue weighted by Crippen LogP contribution is -2.55. The maximum absolute atomic E-state index is 6.54. The standard InChI is InChI=1S/C69H54N2O2/c1-68(2)57-25-23-43(53-37-48(72-3)38-60-66(53)56-34-42(45-13-12-28-70-39-45)22-27-59(56)69(60)46-30-40-29-41(32-46)33-47(69)31-40)35-54(57)55-36-44(24-26-58(55)68)65-49-14-4-6-16-51(49)67(52-17-7-5-15-50(52)65)71-61-18-8-10-20-63(61)73-64-21-11-9-19-62(64)71/h4-28,34-41,46-47H,29-33H2,1-3H3. The van der Waals surface area contributed by atoms with Crippen molar-refractivity contribution in [3.63, 3.8) is 0 Å². The molecule has 0 N–H and O–H groups in total. The maximum atomic E-state index is 6.54. The molecule has 6 aliphatic carbocycles. The Morgan fingerprint density at radius 3 is 1.67 bits per heavy atom. The average molecular weight is 943 g/mol. The Morgan fingerprint density at radius 1 is 0.479 bits per heavy atom. The van der Waals surface area contributed by atoms with Gasteiger partial charge in [-0.25, -0.2) is 0 Å². The van der Waals surface area contributed by atoms with Crippen LogP contribution in [-0.2, 0) is 10.8 Å². The highest BCUT2D eigenvalue weighted by molar-refractivity contribution is 6.23. The molecule has 0 unspecified atom stereocenters. The Hall–Kier alpha value is -7.95. The van der Waals surface area contributed by atoms with E-state index in [0.717, 1.165) is 51.7 Å². The number of rotatable bonds is 5. The van der Waals surface area contributed by atoms with E-state index >= 15 is 0 Å². The number of fused-ring (bicyclic) bond motifs is 10. The second-order valence-corrected chi connectivity index (χ2v) is 22.6. The number of para-hydroxylation sites is 4. The Kier molecular flexibility index (Phi) is 8.59. The van der Waals surface area contributed by atoms with Crippen LogP contribution in [0.3, 0.4) is 0 Å². The first-order valence-electron chi connectivity index (χ1n) is 26.5. The van der Waals surface area contributed by atoms with Gasteiger partial charge in [-0.15, -0.1) is 0 Å². The van der Waals surface area contributed by atoms with Gasteiger partial charge in [0.15, 0.2) is 11.5 Å². The van der Waals surface area contributed by atoms with E-state index in [-0.39, 0.29) is 10.8 Å². The van der Waals surface area contributed by atoms with E-state index in [2.05, 4.69) is 200 Å². The number of ether oxygens (including phenoxy) is 2. The fourth-order valence-electron chi connectivity index (χ4n) is 16.0. The number of nitrogens with zero attached hydrogens (tertiary/aromatic N) is 2. The van der Waals surface area contributed by atoms with Gasteiger partial charge in [0.1, 0.15) is 5.75 Å². The van der Waals surface area contributed by atoms with Crippen molar-refractivity contribution in [1.82, 2.24) is 4.98 Å². The molecule has 4 fully saturated rings. The third-order valence-electron chi connectivity index (χ3n) is 18.8. The van der Waals surface area contributed by atoms with Crippen LogP contribution >= 0.6 is 0 Å². The molecule has 7 aliphatic rings. The Morgan fingerprint density at radius 2 is 1.04 bits per heavy atom. The summed E-state index contributed by atoms with van der Waals surface area (Å²) in [6.07, 6.45) is 10.6. The molecular weight excluding hydrogens is 889 g/mol. The Bertz CT molecular complexity index is 3870. The van der Waals surface area contributed by atoms with Gasteiger partial charge in [-0.3, -0.25) is 4.98 Å². The van der Waals surface area contributed by atoms with Crippen molar-refractivity contribution in [2.45, 2.75) is 56.8 Å². The predicted octanol–water partition coefficient (Wildman–Crippen LogP) is 18.0. The van der Waals surface area contributed by atoms with Crippen molar-refractivity contribution in [3.05, 3.63) is 211 Å². The zero-order valence-electron chi connectivity index (χ0n) is 41.5. The summed E-state index contributed by atoms with van der Waals surface area (Å²) in [5.41, 5.74) is 21.6. The van der Waals surface area contributed by atoms with Gasteiger partial charge in [0.25, 0.3) is 0 Å². The van der Waals surface area contributed by atoms with Crippen molar-refractivity contribution in [2.75, 3.05) is 12.0 Å². The van der Waals surface area contributed by atoms with Crippen LogP contribution in [0, 0.1) is 23.7 Å². The molecule has 4 heteroatoms. The first-order valence-corrected chi connectivity index (χ1v) is 26.5. The van der Waals surface area contributed by atoms with E-state index in [0.29, 0.717) is 11.8 Å². The van der Waals surface area contributed by atoms with E-state index in [1.54, 1.807) is 5.56 Å². The SMILES string of the molecule is COc1cc(-c2ccc3c(c2)-c2cc(-c4c5ccccc5c(N5c6ccccc6Oc6ccccc65)c5ccccc45)ccc2C3(C)C)c2c(c1)C1(c3ccc(-c4cccnc4)cc3-2)C2CC3CC(C2)CC1C3. The largest absolute Gasteiger partial charge is 0.497 e. The molecule has 4 bridgehead atoms. The molecule has 0 radical (unpaired) electrons. The molecule has 1 aromatic heterocycles. The summed E-state index contributed by atoms with van der Waals surface area (Å²) in [6, 6.07) is 66.0. The lowest BCUT2D eigenvalue weighted by atomic mass is 9.43. The molecule has 1 aliphatic heterocycles. The van der Waals surface area contributed by atoms with E-state index < -0.39 is 0 Å². The molecule has 4 nitrogen and oxygen atoms in total. The number of aromatic nitrogens is 1. The molecule has 2 heterocycles. The second-order valence-electron chi connectivity index (χ2n) is 22.6. The first-order chi connectivity index (χ1) is 35.9. The molecule has 1 spiro atoms. The Labute approximate surface area is 426 Å². The minimum Gasteiger partial charge on any atom is -0.497 e. The van der Waals surface area contributed by atoms with Gasteiger partial charge in [0.2, 0.25) is 0 Å². The summed E-state index contributed by atoms with van der Waals surface area (Å²) in [6.45, 7) is 4.81. The van der Waals surface area contributed by atoms with E-state index in [1.807, 2.05) is 19.5 Å². The number of anilines is 3. The van der Waals surface area contributed by atoms with E-state index in [1.165, 1.54) is 120 Å². The van der Waals surface area contributed by atoms with Crippen molar-refractivity contribution in [1.29, 1.82) is 0 Å². The minimum atomic E-state index is -0.182. The summed E-state index contributed by atoms with van der Waals surface area (Å²) >= 11 is 0. The van der Waals surface area contributed by atoms with Gasteiger partial charge in [0, 0.05) is 39.6 Å². The zero-order valence-corrected chi connectivity index (χ0v) is 41.5. The van der Waals surface area contributed by atoms with Crippen molar-refractivity contribution in [2.24, 2.45) is 23.7 Å². The van der Waals surface area contributed by atoms with Gasteiger partial charge in [0.05, 0.1) is 24.2 Å². The Balaban J connectivity index is 0.898. The van der Waals surface area contributed by atoms with Gasteiger partial charge >= 0.3 is 0 Å². The quantitative estimate of drug-likeness (QED) is 0.161. The number of benzene rings is 9. The number of pyridine rings is 1. The highest BCUT2D eigenvalue weighted by atomic mass is 16.5. The predicted molar refractivity (Wildman–Crippen MR) is 298 cm³/mol. The maximum Gasteiger partial charge on any atom is 0.151 e. The van der Waals surface area contributed by atoms with Crippen LogP contribution in [0.1, 0.15) is 68.2 Å². The fourth-order valence-corrected chi connectivity index (χ4v) is 16.0. The van der Waals surface area contributed by atoms with E-state index in [4.69, 9.17) is 9.47 Å². The van der Waals surface area contributed by atoms with Gasteiger partial charge in [-0.05, 0) is 200 Å². The minimum absolute atomic E-state index is 0.00922. The molecule has 0 amide bonds. The van der Waals surface area contributed by atoms with Crippen molar-refractivity contribution in [3.8, 4) is 72.9 Å². The highest BCUT2D eigenvalue weighted by Crippen LogP contribution is 2.71. The molecule has 9 aromatic carbocycles. The lowest BCUT2D eigenvalue weighted by molar-refractivity contribution is -0.0399. The van der Waals surface area contributed by atoms with Gasteiger partial charge < -0.3 is 14.4 Å². The van der Waals surface area contributed by atoms with Crippen molar-refractivity contribution < 1.29 is 9.47 Å². The zero-order chi connectivity index (χ0) is 48.3. The second kappa shape index (κ2) is 15.1. The van der Waals surface area contributed by atoms with Crippen LogP contribution in [-0.4, -0.2) is 12.1 Å². The van der Waals surface area contributed by atoms with Crippen LogP contribution in [0.5, 0.6) is 17.2 Å². The highest BCUT2D eigenvalue weighted by Gasteiger charge is 2.62. The first kappa shape index (κ1) is 41.6. The third kappa shape index (κ3) is 5.64. The van der Waals surface area contributed by atoms with Crippen LogP contribution < -0.4 is 14.4 Å². The summed E-state index contributed by atoms with van der Waals surface area (Å²) in [7, 11) is 1.86. The van der Waals surface area contributed by atoms with Crippen LogP contribution in [0.2, 0.25) is 0 Å². The van der Waals surface area contributed by atoms with Crippen LogP contribution in [0.4, 0.5) is 17.1 Å². The van der Waals surface area contributed by atoms with Gasteiger partial charge in [-0.1, -0.05) is 129 Å². The lowest BCUT2D eigenvalue weighted by Gasteiger charge is -2.61. The van der Waals surface area contributed by atoms with Crippen LogP contribution in [0.15, 0.2) is 188 Å². The van der Waals surface area contributed by atoms with Crippen molar-refractivity contribution >= 4 is 38.6 Å². The average Bonchev–Trinajstić information content (AvgIpc) is 3.84. The number of methoxy groups -OCH3 is 1. The molecule has 352 valence electrons. The van der Waals surface area contributed by atoms with Gasteiger partial charge in [-0.2, -0.15) is 0 Å². The molecular formula is C69H54N2O2. The summed E-state index contributed by atoms with van der Waals surface area (Å²) in [5.74, 6) is 5.65. The number of hydrogen-bond acceptors (Lipinski definition) is 4. The third-order valence-corrected chi connectivity index (χ3v) is 18.8. The fraction of sp³-hybridized carbons (Fsp3) is 0.203. The number of hydrogen-bond donors (Lipinski definition) is 0.